The summed E-state index contributed by atoms with van der Waals surface area (Å²) in [6, 6.07) is 11.4. The van der Waals surface area contributed by atoms with Crippen LogP contribution in [-0.4, -0.2) is 18.0 Å². The van der Waals surface area contributed by atoms with Crippen molar-refractivity contribution in [2.75, 3.05) is 0 Å². The van der Waals surface area contributed by atoms with E-state index in [0.29, 0.717) is 0 Å². The molecule has 1 aliphatic rings. The van der Waals surface area contributed by atoms with E-state index in [1.165, 1.54) is 0 Å². The van der Waals surface area contributed by atoms with Crippen molar-refractivity contribution in [3.05, 3.63) is 35.9 Å². The predicted molar refractivity (Wildman–Crippen MR) is 72.5 cm³/mol. The molecule has 3 nitrogen and oxygen atoms in total. The maximum Gasteiger partial charge on any atom is 0.160 e. The van der Waals surface area contributed by atoms with Gasteiger partial charge in [0.25, 0.3) is 0 Å². The van der Waals surface area contributed by atoms with E-state index in [1.54, 1.807) is 0 Å². The van der Waals surface area contributed by atoms with Gasteiger partial charge in [-0.2, -0.15) is 5.26 Å². The molecule has 1 aromatic carbocycles. The van der Waals surface area contributed by atoms with Gasteiger partial charge in [-0.25, -0.2) is 0 Å². The van der Waals surface area contributed by atoms with Crippen molar-refractivity contribution in [3.63, 3.8) is 0 Å². The van der Waals surface area contributed by atoms with Crippen LogP contribution in [0.15, 0.2) is 30.3 Å². The third-order valence-corrected chi connectivity index (χ3v) is 4.12. The van der Waals surface area contributed by atoms with Crippen LogP contribution >= 0.6 is 0 Å². The van der Waals surface area contributed by atoms with E-state index in [9.17, 15) is 10.1 Å². The van der Waals surface area contributed by atoms with Gasteiger partial charge in [-0.1, -0.05) is 37.3 Å². The summed E-state index contributed by atoms with van der Waals surface area (Å²) in [5.74, 6) is -0.745. The van der Waals surface area contributed by atoms with E-state index in [-0.39, 0.29) is 29.8 Å². The minimum atomic E-state index is -0.690. The Hall–Kier alpha value is -1.66. The van der Waals surface area contributed by atoms with E-state index in [2.05, 4.69) is 6.07 Å². The molecule has 1 saturated heterocycles. The van der Waals surface area contributed by atoms with Crippen LogP contribution in [0.3, 0.4) is 0 Å². The molecular weight excluding hydrogens is 238 g/mol. The van der Waals surface area contributed by atoms with Gasteiger partial charge in [-0.3, -0.25) is 4.79 Å². The average molecular weight is 257 g/mol. The first-order valence-electron chi connectivity index (χ1n) is 6.70. The third kappa shape index (κ3) is 2.54. The lowest BCUT2D eigenvalue weighted by molar-refractivity contribution is -0.125. The maximum absolute atomic E-state index is 12.6. The summed E-state index contributed by atoms with van der Waals surface area (Å²) in [7, 11) is 0. The molecule has 1 heterocycles. The van der Waals surface area contributed by atoms with Crippen LogP contribution in [0.2, 0.25) is 0 Å². The second-order valence-corrected chi connectivity index (χ2v) is 5.31. The summed E-state index contributed by atoms with van der Waals surface area (Å²) in [4.78, 5) is 12.6. The first-order valence-corrected chi connectivity index (χ1v) is 6.70. The van der Waals surface area contributed by atoms with Crippen molar-refractivity contribution in [3.8, 4) is 6.07 Å². The molecule has 0 saturated carbocycles. The number of carbonyl (C=O) groups excluding carboxylic acids is 1. The minimum Gasteiger partial charge on any atom is -0.375 e. The van der Waals surface area contributed by atoms with Gasteiger partial charge in [-0.05, 0) is 25.3 Å². The molecular formula is C16H19NO2. The van der Waals surface area contributed by atoms with Crippen LogP contribution < -0.4 is 0 Å². The number of hydrogen-bond acceptors (Lipinski definition) is 3. The Kier molecular flexibility index (Phi) is 4.01. The third-order valence-electron chi connectivity index (χ3n) is 4.12. The van der Waals surface area contributed by atoms with Crippen molar-refractivity contribution in [2.45, 2.75) is 38.9 Å². The number of hydrogen-bond donors (Lipinski definition) is 0. The SMILES string of the molecule is CC1OC(C)C(C(=O)C(C#N)c2ccccc2)C1C. The minimum absolute atomic E-state index is 0.0157. The maximum atomic E-state index is 12.6. The van der Waals surface area contributed by atoms with Crippen LogP contribution in [0.5, 0.6) is 0 Å². The van der Waals surface area contributed by atoms with Crippen LogP contribution in [0.1, 0.15) is 32.3 Å². The quantitative estimate of drug-likeness (QED) is 0.836. The zero-order valence-corrected chi connectivity index (χ0v) is 11.5. The van der Waals surface area contributed by atoms with Crippen molar-refractivity contribution in [2.24, 2.45) is 11.8 Å². The van der Waals surface area contributed by atoms with Gasteiger partial charge in [-0.15, -0.1) is 0 Å². The van der Waals surface area contributed by atoms with Crippen LogP contribution in [0.25, 0.3) is 0 Å². The van der Waals surface area contributed by atoms with E-state index >= 15 is 0 Å². The van der Waals surface area contributed by atoms with Gasteiger partial charge in [0.2, 0.25) is 0 Å². The number of nitrogens with zero attached hydrogens (tertiary/aromatic N) is 1. The Morgan fingerprint density at radius 2 is 1.84 bits per heavy atom. The van der Waals surface area contributed by atoms with E-state index < -0.39 is 5.92 Å². The summed E-state index contributed by atoms with van der Waals surface area (Å²) < 4.78 is 5.71. The molecule has 5 atom stereocenters. The van der Waals surface area contributed by atoms with Gasteiger partial charge in [0.05, 0.1) is 24.2 Å². The fraction of sp³-hybridized carbons (Fsp3) is 0.500. The molecule has 0 radical (unpaired) electrons. The topological polar surface area (TPSA) is 50.1 Å². The van der Waals surface area contributed by atoms with Crippen LogP contribution in [0.4, 0.5) is 0 Å². The number of carbonyl (C=O) groups is 1. The normalized spacial score (nSPS) is 31.7. The molecule has 100 valence electrons. The highest BCUT2D eigenvalue weighted by Gasteiger charge is 2.43. The molecule has 1 aliphatic heterocycles. The Balaban J connectivity index is 2.26. The Morgan fingerprint density at radius 3 is 2.32 bits per heavy atom. The zero-order valence-electron chi connectivity index (χ0n) is 11.5. The van der Waals surface area contributed by atoms with Gasteiger partial charge in [0.15, 0.2) is 5.78 Å². The summed E-state index contributed by atoms with van der Waals surface area (Å²) in [5.41, 5.74) is 0.772. The summed E-state index contributed by atoms with van der Waals surface area (Å²) in [5, 5.41) is 9.34. The van der Waals surface area contributed by atoms with E-state index in [4.69, 9.17) is 4.74 Å². The molecule has 3 heteroatoms. The van der Waals surface area contributed by atoms with E-state index in [0.717, 1.165) is 5.56 Å². The number of Topliss-reactive ketones (excluding diaryl/α,β-unsaturated/α-hetero) is 1. The van der Waals surface area contributed by atoms with Crippen LogP contribution in [0, 0.1) is 23.2 Å². The summed E-state index contributed by atoms with van der Waals surface area (Å²) in [6.07, 6.45) is -0.0453. The standard InChI is InChI=1S/C16H19NO2/c1-10-11(2)19-12(3)15(10)16(18)14(9-17)13-7-5-4-6-8-13/h4-8,10-12,14-15H,1-3H3. The lowest BCUT2D eigenvalue weighted by Crippen LogP contribution is -2.30. The molecule has 19 heavy (non-hydrogen) atoms. The first kappa shape index (κ1) is 13.8. The molecule has 0 bridgehead atoms. The molecule has 5 unspecified atom stereocenters. The molecule has 0 N–H and O–H groups in total. The average Bonchev–Trinajstić information content (AvgIpc) is 2.65. The highest BCUT2D eigenvalue weighted by Crippen LogP contribution is 2.36. The number of ketones is 1. The fourth-order valence-corrected chi connectivity index (χ4v) is 2.90. The second kappa shape index (κ2) is 5.54. The largest absolute Gasteiger partial charge is 0.375 e. The summed E-state index contributed by atoms with van der Waals surface area (Å²) >= 11 is 0. The fourth-order valence-electron chi connectivity index (χ4n) is 2.90. The number of ether oxygens (including phenoxy) is 1. The Morgan fingerprint density at radius 1 is 1.21 bits per heavy atom. The smallest absolute Gasteiger partial charge is 0.160 e. The lowest BCUT2D eigenvalue weighted by atomic mass is 9.79. The predicted octanol–water partition coefficient (Wildman–Crippen LogP) is 2.92. The Bertz CT molecular complexity index is 491. The van der Waals surface area contributed by atoms with Crippen LogP contribution in [-0.2, 0) is 9.53 Å². The molecule has 1 aromatic rings. The van der Waals surface area contributed by atoms with E-state index in [1.807, 2.05) is 51.1 Å². The van der Waals surface area contributed by atoms with Crippen molar-refractivity contribution in [1.82, 2.24) is 0 Å². The molecule has 1 fully saturated rings. The first-order chi connectivity index (χ1) is 9.06. The second-order valence-electron chi connectivity index (χ2n) is 5.31. The zero-order chi connectivity index (χ0) is 14.0. The monoisotopic (exact) mass is 257 g/mol. The van der Waals surface area contributed by atoms with Gasteiger partial charge >= 0.3 is 0 Å². The van der Waals surface area contributed by atoms with Crippen molar-refractivity contribution >= 4 is 5.78 Å². The summed E-state index contributed by atoms with van der Waals surface area (Å²) in [6.45, 7) is 5.93. The molecule has 0 amide bonds. The Labute approximate surface area is 114 Å². The lowest BCUT2D eigenvalue weighted by Gasteiger charge is -2.20. The van der Waals surface area contributed by atoms with Gasteiger partial charge < -0.3 is 4.74 Å². The molecule has 0 aromatic heterocycles. The molecule has 0 spiro atoms. The van der Waals surface area contributed by atoms with Gasteiger partial charge in [0, 0.05) is 0 Å². The number of rotatable bonds is 3. The highest BCUT2D eigenvalue weighted by atomic mass is 16.5. The van der Waals surface area contributed by atoms with Crippen molar-refractivity contribution in [1.29, 1.82) is 5.26 Å². The highest BCUT2D eigenvalue weighted by molar-refractivity contribution is 5.91. The number of benzene rings is 1. The molecule has 2 rings (SSSR count). The van der Waals surface area contributed by atoms with Gasteiger partial charge in [0.1, 0.15) is 5.92 Å². The molecule has 0 aliphatic carbocycles. The van der Waals surface area contributed by atoms with Crippen molar-refractivity contribution < 1.29 is 9.53 Å². The number of nitriles is 1.